The van der Waals surface area contributed by atoms with Crippen LogP contribution in [0, 0.1) is 6.92 Å². The van der Waals surface area contributed by atoms with E-state index in [9.17, 15) is 0 Å². The van der Waals surface area contributed by atoms with Gasteiger partial charge in [0.2, 0.25) is 0 Å². The lowest BCUT2D eigenvalue weighted by atomic mass is 10.1. The van der Waals surface area contributed by atoms with Gasteiger partial charge in [-0.3, -0.25) is 0 Å². The Hall–Kier alpha value is -1.12. The molecule has 0 amide bonds. The van der Waals surface area contributed by atoms with Crippen LogP contribution in [0.2, 0.25) is 0 Å². The molecular weight excluding hydrogens is 176 g/mol. The molecule has 0 radical (unpaired) electrons. The Morgan fingerprint density at radius 1 is 1.00 bits per heavy atom. The van der Waals surface area contributed by atoms with Crippen molar-refractivity contribution in [2.24, 2.45) is 0 Å². The summed E-state index contributed by atoms with van der Waals surface area (Å²) in [4.78, 5) is 10.3. The molecule has 1 aliphatic rings. The first kappa shape index (κ1) is 9.44. The molecule has 0 aliphatic carbocycles. The zero-order valence-corrected chi connectivity index (χ0v) is 8.44. The largest absolute Gasteiger partial charge is 0.229 e. The van der Waals surface area contributed by atoms with E-state index in [-0.39, 0.29) is 12.2 Å². The van der Waals surface area contributed by atoms with E-state index in [1.54, 1.807) is 0 Å². The van der Waals surface area contributed by atoms with Crippen molar-refractivity contribution in [3.05, 3.63) is 47.5 Å². The molecule has 0 unspecified atom stereocenters. The molecule has 0 bridgehead atoms. The standard InChI is InChI=1S/C12H14O2/c1-9-3-6-11(7-4-9)12-8-5-10(2)13-14-12/h3-8,10,12H,1-2H3/t10-,12-/m1/s1. The molecule has 0 saturated heterocycles. The van der Waals surface area contributed by atoms with E-state index < -0.39 is 0 Å². The fourth-order valence-corrected chi connectivity index (χ4v) is 1.39. The van der Waals surface area contributed by atoms with Crippen LogP contribution in [0.4, 0.5) is 0 Å². The molecular formula is C12H14O2. The molecule has 0 aromatic heterocycles. The minimum atomic E-state index is -0.0631. The molecule has 1 aliphatic heterocycles. The lowest BCUT2D eigenvalue weighted by Crippen LogP contribution is -2.14. The summed E-state index contributed by atoms with van der Waals surface area (Å²) < 4.78 is 0. The molecule has 1 heterocycles. The fraction of sp³-hybridized carbons (Fsp3) is 0.333. The topological polar surface area (TPSA) is 18.5 Å². The average Bonchev–Trinajstić information content (AvgIpc) is 2.21. The van der Waals surface area contributed by atoms with E-state index in [1.807, 2.05) is 19.1 Å². The summed E-state index contributed by atoms with van der Waals surface area (Å²) in [6.45, 7) is 4.02. The number of benzene rings is 1. The van der Waals surface area contributed by atoms with Gasteiger partial charge in [-0.2, -0.15) is 0 Å². The molecule has 0 N–H and O–H groups in total. The molecule has 14 heavy (non-hydrogen) atoms. The van der Waals surface area contributed by atoms with Crippen LogP contribution in [0.5, 0.6) is 0 Å². The van der Waals surface area contributed by atoms with Crippen molar-refractivity contribution in [1.29, 1.82) is 0 Å². The third kappa shape index (κ3) is 2.03. The maximum absolute atomic E-state index is 5.23. The molecule has 0 fully saturated rings. The van der Waals surface area contributed by atoms with Crippen molar-refractivity contribution in [1.82, 2.24) is 0 Å². The smallest absolute Gasteiger partial charge is 0.136 e. The minimum absolute atomic E-state index is 0.0525. The van der Waals surface area contributed by atoms with Crippen molar-refractivity contribution in [3.8, 4) is 0 Å². The van der Waals surface area contributed by atoms with Crippen molar-refractivity contribution in [2.45, 2.75) is 26.1 Å². The van der Waals surface area contributed by atoms with Crippen LogP contribution in [0.3, 0.4) is 0 Å². The minimum Gasteiger partial charge on any atom is -0.229 e. The Morgan fingerprint density at radius 3 is 2.29 bits per heavy atom. The van der Waals surface area contributed by atoms with Crippen LogP contribution >= 0.6 is 0 Å². The van der Waals surface area contributed by atoms with E-state index in [0.29, 0.717) is 0 Å². The summed E-state index contributed by atoms with van der Waals surface area (Å²) in [5.41, 5.74) is 2.38. The number of hydrogen-bond acceptors (Lipinski definition) is 2. The Kier molecular flexibility index (Phi) is 2.66. The summed E-state index contributed by atoms with van der Waals surface area (Å²) in [5, 5.41) is 0. The zero-order chi connectivity index (χ0) is 9.97. The number of rotatable bonds is 1. The van der Waals surface area contributed by atoms with E-state index in [0.717, 1.165) is 5.56 Å². The third-order valence-electron chi connectivity index (χ3n) is 2.27. The average molecular weight is 190 g/mol. The highest BCUT2D eigenvalue weighted by Crippen LogP contribution is 2.23. The van der Waals surface area contributed by atoms with Crippen LogP contribution in [0.15, 0.2) is 36.4 Å². The molecule has 2 atom stereocenters. The molecule has 2 nitrogen and oxygen atoms in total. The zero-order valence-electron chi connectivity index (χ0n) is 8.44. The Balaban J connectivity index is 2.16. The molecule has 1 aromatic rings. The second kappa shape index (κ2) is 3.95. The lowest BCUT2D eigenvalue weighted by Gasteiger charge is -2.20. The highest BCUT2D eigenvalue weighted by molar-refractivity contribution is 5.26. The summed E-state index contributed by atoms with van der Waals surface area (Å²) in [6.07, 6.45) is 4.02. The van der Waals surface area contributed by atoms with Gasteiger partial charge in [0, 0.05) is 0 Å². The van der Waals surface area contributed by atoms with Crippen LogP contribution in [-0.4, -0.2) is 6.10 Å². The third-order valence-corrected chi connectivity index (χ3v) is 2.27. The monoisotopic (exact) mass is 190 g/mol. The summed E-state index contributed by atoms with van der Waals surface area (Å²) in [5.74, 6) is 0. The highest BCUT2D eigenvalue weighted by atomic mass is 17.2. The van der Waals surface area contributed by atoms with Crippen LogP contribution in [0.25, 0.3) is 0 Å². The molecule has 2 rings (SSSR count). The molecule has 74 valence electrons. The Morgan fingerprint density at radius 2 is 1.71 bits per heavy atom. The van der Waals surface area contributed by atoms with Gasteiger partial charge < -0.3 is 0 Å². The van der Waals surface area contributed by atoms with Gasteiger partial charge in [0.1, 0.15) is 12.2 Å². The number of hydrogen-bond donors (Lipinski definition) is 0. The first-order valence-corrected chi connectivity index (χ1v) is 4.83. The van der Waals surface area contributed by atoms with Gasteiger partial charge in [-0.15, -0.1) is 0 Å². The first-order valence-electron chi connectivity index (χ1n) is 4.83. The number of aryl methyl sites for hydroxylation is 1. The predicted molar refractivity (Wildman–Crippen MR) is 54.7 cm³/mol. The lowest BCUT2D eigenvalue weighted by molar-refractivity contribution is -0.339. The highest BCUT2D eigenvalue weighted by Gasteiger charge is 2.15. The van der Waals surface area contributed by atoms with Crippen LogP contribution < -0.4 is 0 Å². The van der Waals surface area contributed by atoms with Crippen molar-refractivity contribution in [3.63, 3.8) is 0 Å². The SMILES string of the molecule is Cc1ccc([C@H]2C=C[C@@H](C)OO2)cc1. The Labute approximate surface area is 84.1 Å². The van der Waals surface area contributed by atoms with E-state index in [4.69, 9.17) is 9.78 Å². The molecule has 1 aromatic carbocycles. The fourth-order valence-electron chi connectivity index (χ4n) is 1.39. The van der Waals surface area contributed by atoms with Crippen molar-refractivity contribution < 1.29 is 9.78 Å². The van der Waals surface area contributed by atoms with Gasteiger partial charge in [-0.1, -0.05) is 35.9 Å². The molecule has 2 heteroatoms. The van der Waals surface area contributed by atoms with Crippen LogP contribution in [-0.2, 0) is 9.78 Å². The second-order valence-corrected chi connectivity index (χ2v) is 3.61. The maximum atomic E-state index is 5.23. The summed E-state index contributed by atoms with van der Waals surface area (Å²) in [7, 11) is 0. The van der Waals surface area contributed by atoms with Gasteiger partial charge in [-0.25, -0.2) is 9.78 Å². The van der Waals surface area contributed by atoms with Crippen molar-refractivity contribution >= 4 is 0 Å². The summed E-state index contributed by atoms with van der Waals surface area (Å²) >= 11 is 0. The normalized spacial score (nSPS) is 26.4. The van der Waals surface area contributed by atoms with Crippen LogP contribution in [0.1, 0.15) is 24.2 Å². The van der Waals surface area contributed by atoms with E-state index in [2.05, 4.69) is 31.2 Å². The first-order chi connectivity index (χ1) is 6.75. The quantitative estimate of drug-likeness (QED) is 0.500. The second-order valence-electron chi connectivity index (χ2n) is 3.61. The Bertz CT molecular complexity index is 327. The van der Waals surface area contributed by atoms with Gasteiger partial charge in [0.15, 0.2) is 0 Å². The van der Waals surface area contributed by atoms with E-state index in [1.165, 1.54) is 5.56 Å². The summed E-state index contributed by atoms with van der Waals surface area (Å²) in [6, 6.07) is 8.27. The van der Waals surface area contributed by atoms with E-state index >= 15 is 0 Å². The van der Waals surface area contributed by atoms with Gasteiger partial charge in [-0.05, 0) is 25.5 Å². The van der Waals surface area contributed by atoms with Crippen molar-refractivity contribution in [2.75, 3.05) is 0 Å². The molecule has 0 saturated carbocycles. The van der Waals surface area contributed by atoms with Gasteiger partial charge >= 0.3 is 0 Å². The predicted octanol–water partition coefficient (Wildman–Crippen LogP) is 2.94. The van der Waals surface area contributed by atoms with Gasteiger partial charge in [0.25, 0.3) is 0 Å². The molecule has 0 spiro atoms. The maximum Gasteiger partial charge on any atom is 0.136 e. The van der Waals surface area contributed by atoms with Gasteiger partial charge in [0.05, 0.1) is 0 Å².